The molecule has 0 bridgehead atoms. The first-order chi connectivity index (χ1) is 11.9. The van der Waals surface area contributed by atoms with Crippen LogP contribution in [0.25, 0.3) is 0 Å². The van der Waals surface area contributed by atoms with E-state index in [0.717, 1.165) is 24.5 Å². The predicted molar refractivity (Wildman–Crippen MR) is 103 cm³/mol. The summed E-state index contributed by atoms with van der Waals surface area (Å²) in [6.07, 6.45) is 16.8. The van der Waals surface area contributed by atoms with Crippen LogP contribution in [0.3, 0.4) is 0 Å². The first kappa shape index (κ1) is 20.5. The third-order valence-corrected chi connectivity index (χ3v) is 4.36. The molecule has 1 aromatic rings. The molecular formula is C21H35NO2. The number of carbonyl (C=O) groups is 1. The minimum absolute atomic E-state index is 0.687. The average molecular weight is 334 g/mol. The second kappa shape index (κ2) is 15.0. The number of amides is 1. The number of hydrogen-bond acceptors (Lipinski definition) is 2. The molecule has 3 heteroatoms. The zero-order valence-corrected chi connectivity index (χ0v) is 15.4. The lowest BCUT2D eigenvalue weighted by molar-refractivity contribution is -0.105. The molecule has 0 aliphatic carbocycles. The van der Waals surface area contributed by atoms with Crippen LogP contribution >= 0.6 is 0 Å². The maximum Gasteiger partial charge on any atom is 0.211 e. The Morgan fingerprint density at radius 3 is 1.96 bits per heavy atom. The highest BCUT2D eigenvalue weighted by atomic mass is 16.5. The van der Waals surface area contributed by atoms with E-state index in [9.17, 15) is 4.79 Å². The molecule has 0 saturated heterocycles. The van der Waals surface area contributed by atoms with E-state index < -0.39 is 0 Å². The van der Waals surface area contributed by atoms with E-state index in [1.807, 2.05) is 24.3 Å². The minimum Gasteiger partial charge on any atom is -0.491 e. The molecule has 0 fully saturated rings. The number of anilines is 1. The van der Waals surface area contributed by atoms with Crippen LogP contribution in [0.15, 0.2) is 24.3 Å². The van der Waals surface area contributed by atoms with Crippen LogP contribution in [0.1, 0.15) is 84.0 Å². The SMILES string of the molecule is CCCCCCCCCCCCCCOc1ccccc1NC=O. The van der Waals surface area contributed by atoms with Crippen LogP contribution in [0.4, 0.5) is 5.69 Å². The van der Waals surface area contributed by atoms with Gasteiger partial charge in [0.2, 0.25) is 6.41 Å². The topological polar surface area (TPSA) is 38.3 Å². The molecule has 1 rings (SSSR count). The van der Waals surface area contributed by atoms with E-state index in [1.54, 1.807) is 0 Å². The van der Waals surface area contributed by atoms with Crippen LogP contribution in [0.5, 0.6) is 5.75 Å². The first-order valence-corrected chi connectivity index (χ1v) is 9.80. The lowest BCUT2D eigenvalue weighted by Gasteiger charge is -2.10. The zero-order valence-electron chi connectivity index (χ0n) is 15.4. The van der Waals surface area contributed by atoms with Gasteiger partial charge in [-0.2, -0.15) is 0 Å². The Morgan fingerprint density at radius 1 is 0.833 bits per heavy atom. The highest BCUT2D eigenvalue weighted by Gasteiger charge is 2.01. The standard InChI is InChI=1S/C21H35NO2/c1-2-3-4-5-6-7-8-9-10-11-12-15-18-24-21-17-14-13-16-20(21)22-19-23/h13-14,16-17,19H,2-12,15,18H2,1H3,(H,22,23). The number of unbranched alkanes of at least 4 members (excludes halogenated alkanes) is 11. The van der Waals surface area contributed by atoms with Crippen LogP contribution in [0.2, 0.25) is 0 Å². The summed E-state index contributed by atoms with van der Waals surface area (Å²) in [5.74, 6) is 0.757. The Bertz CT molecular complexity index is 420. The van der Waals surface area contributed by atoms with E-state index in [0.29, 0.717) is 6.41 Å². The monoisotopic (exact) mass is 333 g/mol. The van der Waals surface area contributed by atoms with Gasteiger partial charge in [0.15, 0.2) is 0 Å². The number of rotatable bonds is 16. The van der Waals surface area contributed by atoms with Gasteiger partial charge in [-0.15, -0.1) is 0 Å². The lowest BCUT2D eigenvalue weighted by atomic mass is 10.1. The molecule has 3 nitrogen and oxygen atoms in total. The highest BCUT2D eigenvalue weighted by molar-refractivity contribution is 5.75. The van der Waals surface area contributed by atoms with Gasteiger partial charge in [0.05, 0.1) is 12.3 Å². The number of nitrogens with one attached hydrogen (secondary N) is 1. The number of benzene rings is 1. The van der Waals surface area contributed by atoms with Gasteiger partial charge in [-0.05, 0) is 18.6 Å². The molecule has 0 atom stereocenters. The van der Waals surface area contributed by atoms with E-state index in [1.165, 1.54) is 70.6 Å². The van der Waals surface area contributed by atoms with Crippen molar-refractivity contribution >= 4 is 12.1 Å². The van der Waals surface area contributed by atoms with Crippen molar-refractivity contribution in [3.8, 4) is 5.75 Å². The second-order valence-corrected chi connectivity index (χ2v) is 6.50. The summed E-state index contributed by atoms with van der Waals surface area (Å²) in [4.78, 5) is 10.5. The van der Waals surface area contributed by atoms with Gasteiger partial charge in [-0.1, -0.05) is 89.7 Å². The van der Waals surface area contributed by atoms with Gasteiger partial charge in [0, 0.05) is 0 Å². The zero-order chi connectivity index (χ0) is 17.3. The summed E-state index contributed by atoms with van der Waals surface area (Å²) in [6, 6.07) is 7.56. The van der Waals surface area contributed by atoms with Gasteiger partial charge in [0.1, 0.15) is 5.75 Å². The molecule has 0 aliphatic rings. The van der Waals surface area contributed by atoms with E-state index in [4.69, 9.17) is 4.74 Å². The third-order valence-electron chi connectivity index (χ3n) is 4.36. The Balaban J connectivity index is 1.91. The molecule has 0 unspecified atom stereocenters. The quantitative estimate of drug-likeness (QED) is 0.283. The van der Waals surface area contributed by atoms with Crippen molar-refractivity contribution in [1.82, 2.24) is 0 Å². The molecule has 136 valence electrons. The van der Waals surface area contributed by atoms with Crippen molar-refractivity contribution < 1.29 is 9.53 Å². The van der Waals surface area contributed by atoms with Crippen LogP contribution in [0, 0.1) is 0 Å². The van der Waals surface area contributed by atoms with Crippen molar-refractivity contribution in [2.75, 3.05) is 11.9 Å². The van der Waals surface area contributed by atoms with E-state index in [2.05, 4.69) is 12.2 Å². The Labute approximate surface area is 148 Å². The smallest absolute Gasteiger partial charge is 0.211 e. The predicted octanol–water partition coefficient (Wildman–Crippen LogP) is 6.33. The summed E-state index contributed by atoms with van der Waals surface area (Å²) in [6.45, 7) is 2.99. The molecule has 0 saturated carbocycles. The Kier molecular flexibility index (Phi) is 12.9. The van der Waals surface area contributed by atoms with Crippen LogP contribution in [-0.2, 0) is 4.79 Å². The number of carbonyl (C=O) groups excluding carboxylic acids is 1. The van der Waals surface area contributed by atoms with E-state index >= 15 is 0 Å². The van der Waals surface area contributed by atoms with Crippen molar-refractivity contribution in [2.24, 2.45) is 0 Å². The van der Waals surface area contributed by atoms with Gasteiger partial charge >= 0.3 is 0 Å². The summed E-state index contributed by atoms with van der Waals surface area (Å²) in [5, 5.41) is 2.67. The van der Waals surface area contributed by atoms with Crippen LogP contribution in [-0.4, -0.2) is 13.0 Å². The molecule has 24 heavy (non-hydrogen) atoms. The molecule has 0 spiro atoms. The Morgan fingerprint density at radius 2 is 1.38 bits per heavy atom. The van der Waals surface area contributed by atoms with Gasteiger partial charge in [-0.3, -0.25) is 4.79 Å². The summed E-state index contributed by atoms with van der Waals surface area (Å²) < 4.78 is 5.76. The molecule has 1 aromatic carbocycles. The molecule has 0 heterocycles. The highest BCUT2D eigenvalue weighted by Crippen LogP contribution is 2.23. The fourth-order valence-corrected chi connectivity index (χ4v) is 2.90. The van der Waals surface area contributed by atoms with Gasteiger partial charge < -0.3 is 10.1 Å². The van der Waals surface area contributed by atoms with Crippen molar-refractivity contribution in [1.29, 1.82) is 0 Å². The van der Waals surface area contributed by atoms with Crippen molar-refractivity contribution in [3.63, 3.8) is 0 Å². The van der Waals surface area contributed by atoms with Gasteiger partial charge in [-0.25, -0.2) is 0 Å². The molecule has 1 amide bonds. The largest absolute Gasteiger partial charge is 0.491 e. The maximum absolute atomic E-state index is 10.5. The summed E-state index contributed by atoms with van der Waals surface area (Å²) in [7, 11) is 0. The summed E-state index contributed by atoms with van der Waals surface area (Å²) >= 11 is 0. The normalized spacial score (nSPS) is 10.5. The molecular weight excluding hydrogens is 298 g/mol. The first-order valence-electron chi connectivity index (χ1n) is 9.80. The molecule has 1 N–H and O–H groups in total. The fourth-order valence-electron chi connectivity index (χ4n) is 2.90. The number of ether oxygens (including phenoxy) is 1. The Hall–Kier alpha value is -1.51. The minimum atomic E-state index is 0.687. The van der Waals surface area contributed by atoms with Crippen molar-refractivity contribution in [2.45, 2.75) is 84.0 Å². The molecule has 0 radical (unpaired) electrons. The van der Waals surface area contributed by atoms with Crippen LogP contribution < -0.4 is 10.1 Å². The molecule has 0 aliphatic heterocycles. The van der Waals surface area contributed by atoms with Gasteiger partial charge in [0.25, 0.3) is 0 Å². The molecule has 0 aromatic heterocycles. The average Bonchev–Trinajstić information content (AvgIpc) is 2.60. The number of hydrogen-bond donors (Lipinski definition) is 1. The van der Waals surface area contributed by atoms with Crippen molar-refractivity contribution in [3.05, 3.63) is 24.3 Å². The van der Waals surface area contributed by atoms with E-state index in [-0.39, 0.29) is 0 Å². The number of para-hydroxylation sites is 2. The fraction of sp³-hybridized carbons (Fsp3) is 0.667. The summed E-state index contributed by atoms with van der Waals surface area (Å²) in [5.41, 5.74) is 0.742. The second-order valence-electron chi connectivity index (χ2n) is 6.50. The third kappa shape index (κ3) is 10.3. The lowest BCUT2D eigenvalue weighted by Crippen LogP contribution is -2.02. The maximum atomic E-state index is 10.5.